The third-order valence-electron chi connectivity index (χ3n) is 1.65. The molecule has 0 fully saturated rings. The van der Waals surface area contributed by atoms with Gasteiger partial charge in [-0.2, -0.15) is 0 Å². The summed E-state index contributed by atoms with van der Waals surface area (Å²) >= 11 is 11.7. The maximum Gasteiger partial charge on any atom is 0.312 e. The Morgan fingerprint density at radius 2 is 2.00 bits per heavy atom. The summed E-state index contributed by atoms with van der Waals surface area (Å²) in [5, 5.41) is -0.787. The van der Waals surface area contributed by atoms with Gasteiger partial charge in [-0.05, 0) is 23.7 Å². The fourth-order valence-electron chi connectivity index (χ4n) is 1.03. The van der Waals surface area contributed by atoms with Crippen molar-refractivity contribution in [3.8, 4) is 0 Å². The third-order valence-corrected chi connectivity index (χ3v) is 5.30. The van der Waals surface area contributed by atoms with Crippen LogP contribution in [-0.4, -0.2) is 6.61 Å². The molecule has 0 saturated heterocycles. The van der Waals surface area contributed by atoms with Crippen LogP contribution >= 0.6 is 29.6 Å². The molecule has 0 amide bonds. The Labute approximate surface area is 93.4 Å². The molecule has 0 bridgehead atoms. The average Bonchev–Trinajstić information content (AvgIpc) is 2.18. The molecule has 1 aromatic rings. The first-order chi connectivity index (χ1) is 6.58. The summed E-state index contributed by atoms with van der Waals surface area (Å²) in [5.41, 5.74) is 0.709. The van der Waals surface area contributed by atoms with Crippen molar-refractivity contribution in [1.29, 1.82) is 0 Å². The number of hydrogen-bond donors (Lipinski definition) is 0. The summed E-state index contributed by atoms with van der Waals surface area (Å²) in [6, 6.07) is 9.02. The van der Waals surface area contributed by atoms with Gasteiger partial charge in [-0.3, -0.25) is 4.57 Å². The molecule has 5 heteroatoms. The lowest BCUT2D eigenvalue weighted by molar-refractivity contribution is 0.343. The van der Waals surface area contributed by atoms with Crippen molar-refractivity contribution >= 4 is 29.6 Å². The normalized spacial score (nSPS) is 17.4. The van der Waals surface area contributed by atoms with Crippen LogP contribution in [0.2, 0.25) is 0 Å². The Hall–Kier alpha value is -0.0100. The number of rotatable bonds is 4. The van der Waals surface area contributed by atoms with Crippen molar-refractivity contribution in [2.24, 2.45) is 0 Å². The van der Waals surface area contributed by atoms with E-state index in [0.717, 1.165) is 0 Å². The molecule has 2 atom stereocenters. The molecule has 0 saturated carbocycles. The predicted octanol–water partition coefficient (Wildman–Crippen LogP) is 4.39. The maximum absolute atomic E-state index is 11.7. The van der Waals surface area contributed by atoms with Crippen molar-refractivity contribution in [2.75, 3.05) is 6.61 Å². The van der Waals surface area contributed by atoms with E-state index in [1.165, 1.54) is 0 Å². The minimum Gasteiger partial charge on any atom is -0.317 e. The molecular formula is C9H11Cl2O2P. The third kappa shape index (κ3) is 2.99. The van der Waals surface area contributed by atoms with E-state index < -0.39 is 11.8 Å². The molecule has 0 spiro atoms. The van der Waals surface area contributed by atoms with Crippen LogP contribution in [-0.2, 0) is 9.09 Å². The number of benzene rings is 1. The van der Waals surface area contributed by atoms with Crippen LogP contribution in [0.25, 0.3) is 0 Å². The lowest BCUT2D eigenvalue weighted by atomic mass is 10.2. The lowest BCUT2D eigenvalue weighted by Crippen LogP contribution is -1.92. The summed E-state index contributed by atoms with van der Waals surface area (Å²) in [6.07, 6.45) is 0. The Morgan fingerprint density at radius 3 is 2.50 bits per heavy atom. The molecule has 0 aliphatic carbocycles. The number of hydrogen-bond acceptors (Lipinski definition) is 2. The second-order valence-electron chi connectivity index (χ2n) is 2.69. The zero-order valence-electron chi connectivity index (χ0n) is 7.69. The van der Waals surface area contributed by atoms with Crippen LogP contribution in [0, 0.1) is 0 Å². The Balaban J connectivity index is 2.85. The van der Waals surface area contributed by atoms with Gasteiger partial charge in [0.1, 0.15) is 5.12 Å². The number of halogens is 2. The van der Waals surface area contributed by atoms with Crippen LogP contribution in [0.1, 0.15) is 17.6 Å². The van der Waals surface area contributed by atoms with Crippen molar-refractivity contribution in [1.82, 2.24) is 0 Å². The molecule has 0 radical (unpaired) electrons. The first-order valence-electron chi connectivity index (χ1n) is 4.21. The Kier molecular flexibility index (Phi) is 4.46. The highest BCUT2D eigenvalue weighted by atomic mass is 35.7. The summed E-state index contributed by atoms with van der Waals surface area (Å²) in [4.78, 5) is 0. The van der Waals surface area contributed by atoms with Crippen LogP contribution in [0.5, 0.6) is 0 Å². The highest BCUT2D eigenvalue weighted by Gasteiger charge is 2.31. The zero-order valence-corrected chi connectivity index (χ0v) is 10.1. The molecule has 78 valence electrons. The van der Waals surface area contributed by atoms with Gasteiger partial charge >= 0.3 is 6.72 Å². The first-order valence-corrected chi connectivity index (χ1v) is 7.24. The van der Waals surface area contributed by atoms with E-state index in [4.69, 9.17) is 27.4 Å². The van der Waals surface area contributed by atoms with E-state index in [1.807, 2.05) is 18.2 Å². The molecule has 1 rings (SSSR count). The number of alkyl halides is 1. The van der Waals surface area contributed by atoms with Gasteiger partial charge in [0.2, 0.25) is 0 Å². The van der Waals surface area contributed by atoms with Crippen LogP contribution in [0.15, 0.2) is 30.3 Å². The molecule has 2 unspecified atom stereocenters. The van der Waals surface area contributed by atoms with E-state index in [-0.39, 0.29) is 6.61 Å². The molecule has 0 aliphatic heterocycles. The Bertz CT molecular complexity index is 329. The van der Waals surface area contributed by atoms with Gasteiger partial charge in [-0.25, -0.2) is 0 Å². The van der Waals surface area contributed by atoms with Crippen LogP contribution < -0.4 is 0 Å². The predicted molar refractivity (Wildman–Crippen MR) is 60.1 cm³/mol. The molecule has 0 aromatic heterocycles. The summed E-state index contributed by atoms with van der Waals surface area (Å²) < 4.78 is 16.7. The maximum atomic E-state index is 11.7. The topological polar surface area (TPSA) is 26.3 Å². The summed E-state index contributed by atoms with van der Waals surface area (Å²) in [6.45, 7) is -1.25. The zero-order chi connectivity index (χ0) is 10.6. The van der Waals surface area contributed by atoms with E-state index in [9.17, 15) is 4.57 Å². The fourth-order valence-corrected chi connectivity index (χ4v) is 2.99. The Morgan fingerprint density at radius 1 is 1.43 bits per heavy atom. The van der Waals surface area contributed by atoms with Gasteiger partial charge in [0.15, 0.2) is 0 Å². The molecule has 1 aromatic carbocycles. The summed E-state index contributed by atoms with van der Waals surface area (Å²) in [5.74, 6) is 0. The molecular weight excluding hydrogens is 242 g/mol. The molecule has 0 N–H and O–H groups in total. The molecule has 0 heterocycles. The van der Waals surface area contributed by atoms with Gasteiger partial charge in [-0.15, -0.1) is 11.6 Å². The second-order valence-corrected chi connectivity index (χ2v) is 6.66. The highest BCUT2D eigenvalue weighted by Crippen LogP contribution is 2.66. The largest absolute Gasteiger partial charge is 0.317 e. The SMILES string of the molecule is CCOP(=O)(Cl)C(Cl)c1ccccc1. The van der Waals surface area contributed by atoms with Crippen molar-refractivity contribution in [3.63, 3.8) is 0 Å². The van der Waals surface area contributed by atoms with Crippen molar-refractivity contribution in [2.45, 2.75) is 12.0 Å². The van der Waals surface area contributed by atoms with Crippen LogP contribution in [0.3, 0.4) is 0 Å². The van der Waals surface area contributed by atoms with E-state index in [1.54, 1.807) is 19.1 Å². The van der Waals surface area contributed by atoms with E-state index >= 15 is 0 Å². The quantitative estimate of drug-likeness (QED) is 0.587. The average molecular weight is 253 g/mol. The molecule has 0 aliphatic rings. The second kappa shape index (κ2) is 5.18. The van der Waals surface area contributed by atoms with Gasteiger partial charge in [-0.1, -0.05) is 30.3 Å². The van der Waals surface area contributed by atoms with E-state index in [2.05, 4.69) is 0 Å². The lowest BCUT2D eigenvalue weighted by Gasteiger charge is -2.15. The van der Waals surface area contributed by atoms with Gasteiger partial charge in [0.25, 0.3) is 0 Å². The fraction of sp³-hybridized carbons (Fsp3) is 0.333. The monoisotopic (exact) mass is 252 g/mol. The highest BCUT2D eigenvalue weighted by molar-refractivity contribution is 7.86. The van der Waals surface area contributed by atoms with Crippen molar-refractivity contribution < 1.29 is 9.09 Å². The van der Waals surface area contributed by atoms with Crippen LogP contribution in [0.4, 0.5) is 0 Å². The van der Waals surface area contributed by atoms with Gasteiger partial charge in [0, 0.05) is 0 Å². The van der Waals surface area contributed by atoms with Crippen molar-refractivity contribution in [3.05, 3.63) is 35.9 Å². The first kappa shape index (κ1) is 12.1. The molecule has 2 nitrogen and oxygen atoms in total. The smallest absolute Gasteiger partial charge is 0.312 e. The summed E-state index contributed by atoms with van der Waals surface area (Å²) in [7, 11) is 0. The van der Waals surface area contributed by atoms with E-state index in [0.29, 0.717) is 5.56 Å². The van der Waals surface area contributed by atoms with Gasteiger partial charge < -0.3 is 4.52 Å². The standard InChI is InChI=1S/C9H11Cl2O2P/c1-2-13-14(11,12)9(10)8-6-4-3-5-7-8/h3-7,9H,2H2,1H3. The van der Waals surface area contributed by atoms with Gasteiger partial charge in [0.05, 0.1) is 6.61 Å². The minimum absolute atomic E-state index is 0.289. The molecule has 14 heavy (non-hydrogen) atoms. The minimum atomic E-state index is -3.27.